The highest BCUT2D eigenvalue weighted by Crippen LogP contribution is 2.32. The third-order valence-corrected chi connectivity index (χ3v) is 6.04. The highest BCUT2D eigenvalue weighted by atomic mass is 16.5. The van der Waals surface area contributed by atoms with Crippen LogP contribution < -0.4 is 25.3 Å². The van der Waals surface area contributed by atoms with Crippen molar-refractivity contribution in [2.45, 2.75) is 13.3 Å². The van der Waals surface area contributed by atoms with Crippen LogP contribution in [0.1, 0.15) is 23.7 Å². The van der Waals surface area contributed by atoms with E-state index < -0.39 is 0 Å². The topological polar surface area (TPSA) is 82.2 Å². The van der Waals surface area contributed by atoms with Crippen LogP contribution in [0, 0.1) is 0 Å². The normalized spacial score (nSPS) is 17.0. The third kappa shape index (κ3) is 5.48. The molecular weight excluding hydrogens is 420 g/mol. The Balaban J connectivity index is 1.51. The van der Waals surface area contributed by atoms with Crippen LogP contribution in [0.3, 0.4) is 0 Å². The fourth-order valence-electron chi connectivity index (χ4n) is 4.26. The van der Waals surface area contributed by atoms with E-state index in [0.29, 0.717) is 31.9 Å². The number of aromatic nitrogens is 1. The SMILES string of the molecule is CCCNc1c(C(=O)NN2CCOCC2)cncc1N1CCN(c2ccccc2OC)CC1. The molecule has 0 aliphatic carbocycles. The van der Waals surface area contributed by atoms with Gasteiger partial charge in [0.05, 0.1) is 49.1 Å². The van der Waals surface area contributed by atoms with Crippen molar-refractivity contribution in [2.75, 3.05) is 81.3 Å². The van der Waals surface area contributed by atoms with E-state index in [1.807, 2.05) is 29.4 Å². The minimum Gasteiger partial charge on any atom is -0.495 e. The van der Waals surface area contributed by atoms with E-state index in [4.69, 9.17) is 9.47 Å². The first-order valence-electron chi connectivity index (χ1n) is 11.7. The molecule has 2 N–H and O–H groups in total. The van der Waals surface area contributed by atoms with E-state index >= 15 is 0 Å². The molecule has 2 fully saturated rings. The molecule has 0 unspecified atom stereocenters. The molecule has 2 aliphatic heterocycles. The Morgan fingerprint density at radius 3 is 2.42 bits per heavy atom. The number of hydrazine groups is 1. The van der Waals surface area contributed by atoms with Crippen LogP contribution in [-0.2, 0) is 4.74 Å². The van der Waals surface area contributed by atoms with Crippen molar-refractivity contribution in [2.24, 2.45) is 0 Å². The molecule has 3 heterocycles. The van der Waals surface area contributed by atoms with Crippen molar-refractivity contribution < 1.29 is 14.3 Å². The lowest BCUT2D eigenvalue weighted by atomic mass is 10.1. The number of piperazine rings is 1. The number of nitrogens with one attached hydrogen (secondary N) is 2. The van der Waals surface area contributed by atoms with Crippen LogP contribution in [0.5, 0.6) is 5.75 Å². The van der Waals surface area contributed by atoms with Gasteiger partial charge in [-0.25, -0.2) is 5.01 Å². The molecule has 2 aromatic rings. The van der Waals surface area contributed by atoms with Gasteiger partial charge in [-0.3, -0.25) is 15.2 Å². The summed E-state index contributed by atoms with van der Waals surface area (Å²) in [6.45, 7) is 8.89. The minimum atomic E-state index is -0.141. The molecule has 1 aromatic heterocycles. The lowest BCUT2D eigenvalue weighted by Gasteiger charge is -2.38. The summed E-state index contributed by atoms with van der Waals surface area (Å²) in [6.07, 6.45) is 4.48. The Morgan fingerprint density at radius 2 is 1.73 bits per heavy atom. The lowest BCUT2D eigenvalue weighted by Crippen LogP contribution is -2.49. The number of pyridine rings is 1. The smallest absolute Gasteiger partial charge is 0.269 e. The van der Waals surface area contributed by atoms with E-state index in [9.17, 15) is 4.79 Å². The van der Waals surface area contributed by atoms with E-state index in [1.165, 1.54) is 0 Å². The Morgan fingerprint density at radius 1 is 1.03 bits per heavy atom. The molecule has 178 valence electrons. The van der Waals surface area contributed by atoms with Crippen LogP contribution in [0.4, 0.5) is 17.1 Å². The fraction of sp³-hybridized carbons (Fsp3) is 0.500. The number of nitrogens with zero attached hydrogens (tertiary/aromatic N) is 4. The monoisotopic (exact) mass is 454 g/mol. The van der Waals surface area contributed by atoms with Gasteiger partial charge in [0.15, 0.2) is 0 Å². The first-order valence-corrected chi connectivity index (χ1v) is 11.7. The van der Waals surface area contributed by atoms with Gasteiger partial charge in [-0.2, -0.15) is 0 Å². The molecule has 0 spiro atoms. The first-order chi connectivity index (χ1) is 16.2. The molecule has 2 saturated heterocycles. The van der Waals surface area contributed by atoms with Crippen LogP contribution in [-0.4, -0.2) is 82.0 Å². The summed E-state index contributed by atoms with van der Waals surface area (Å²) in [7, 11) is 1.71. The molecule has 1 aromatic carbocycles. The Bertz CT molecular complexity index is 926. The Kier molecular flexibility index (Phi) is 7.85. The summed E-state index contributed by atoms with van der Waals surface area (Å²) in [6, 6.07) is 8.12. The van der Waals surface area contributed by atoms with Crippen molar-refractivity contribution in [1.82, 2.24) is 15.4 Å². The number of morpholine rings is 1. The zero-order chi connectivity index (χ0) is 23.0. The average molecular weight is 455 g/mol. The van der Waals surface area contributed by atoms with Crippen molar-refractivity contribution in [1.29, 1.82) is 0 Å². The number of amides is 1. The van der Waals surface area contributed by atoms with Crippen molar-refractivity contribution in [3.05, 3.63) is 42.2 Å². The minimum absolute atomic E-state index is 0.141. The summed E-state index contributed by atoms with van der Waals surface area (Å²) in [5, 5.41) is 5.40. The number of hydrogen-bond donors (Lipinski definition) is 2. The van der Waals surface area contributed by atoms with Crippen LogP contribution >= 0.6 is 0 Å². The summed E-state index contributed by atoms with van der Waals surface area (Å²) in [5.74, 6) is 0.747. The number of carbonyl (C=O) groups is 1. The van der Waals surface area contributed by atoms with Gasteiger partial charge in [0.25, 0.3) is 5.91 Å². The third-order valence-electron chi connectivity index (χ3n) is 6.04. The molecule has 33 heavy (non-hydrogen) atoms. The Labute approximate surface area is 195 Å². The van der Waals surface area contributed by atoms with Gasteiger partial charge in [0.1, 0.15) is 5.75 Å². The number of ether oxygens (including phenoxy) is 2. The molecule has 1 amide bonds. The van der Waals surface area contributed by atoms with Gasteiger partial charge in [-0.05, 0) is 18.6 Å². The number of methoxy groups -OCH3 is 1. The van der Waals surface area contributed by atoms with E-state index in [1.54, 1.807) is 13.3 Å². The molecular formula is C24H34N6O3. The molecule has 0 radical (unpaired) electrons. The zero-order valence-corrected chi connectivity index (χ0v) is 19.5. The fourth-order valence-corrected chi connectivity index (χ4v) is 4.26. The highest BCUT2D eigenvalue weighted by molar-refractivity contribution is 6.02. The van der Waals surface area contributed by atoms with Crippen molar-refractivity contribution in [3.63, 3.8) is 0 Å². The molecule has 0 atom stereocenters. The van der Waals surface area contributed by atoms with Crippen molar-refractivity contribution >= 4 is 23.0 Å². The quantitative estimate of drug-likeness (QED) is 0.629. The van der Waals surface area contributed by atoms with Crippen LogP contribution in [0.15, 0.2) is 36.7 Å². The maximum atomic E-state index is 13.1. The number of benzene rings is 1. The van der Waals surface area contributed by atoms with E-state index in [2.05, 4.69) is 38.5 Å². The van der Waals surface area contributed by atoms with Crippen LogP contribution in [0.2, 0.25) is 0 Å². The number of hydrogen-bond acceptors (Lipinski definition) is 8. The van der Waals surface area contributed by atoms with Gasteiger partial charge >= 0.3 is 0 Å². The molecule has 0 bridgehead atoms. The highest BCUT2D eigenvalue weighted by Gasteiger charge is 2.25. The van der Waals surface area contributed by atoms with Crippen molar-refractivity contribution in [3.8, 4) is 5.75 Å². The number of para-hydroxylation sites is 2. The van der Waals surface area contributed by atoms with Gasteiger partial charge in [-0.1, -0.05) is 19.1 Å². The Hall–Kier alpha value is -3.04. The number of rotatable bonds is 8. The second-order valence-electron chi connectivity index (χ2n) is 8.19. The van der Waals surface area contributed by atoms with E-state index in [0.717, 1.165) is 62.0 Å². The average Bonchev–Trinajstić information content (AvgIpc) is 2.88. The lowest BCUT2D eigenvalue weighted by molar-refractivity contribution is 0.0126. The standard InChI is InChI=1S/C24H34N6O3/c1-3-8-26-23-19(24(31)27-30-13-15-33-16-14-30)17-25-18-21(23)29-11-9-28(10-12-29)20-6-4-5-7-22(20)32-2/h4-7,17-18H,3,8-16H2,1-2H3,(H,25,26)(H,27,31). The number of anilines is 3. The molecule has 0 saturated carbocycles. The summed E-state index contributed by atoms with van der Waals surface area (Å²) < 4.78 is 10.9. The predicted molar refractivity (Wildman–Crippen MR) is 130 cm³/mol. The molecule has 9 heteroatoms. The number of carbonyl (C=O) groups excluding carboxylic acids is 1. The summed E-state index contributed by atoms with van der Waals surface area (Å²) >= 11 is 0. The van der Waals surface area contributed by atoms with Gasteiger partial charge in [0.2, 0.25) is 0 Å². The molecule has 2 aliphatic rings. The predicted octanol–water partition coefficient (Wildman–Crippen LogP) is 2.22. The second-order valence-corrected chi connectivity index (χ2v) is 8.19. The molecule has 9 nitrogen and oxygen atoms in total. The second kappa shape index (κ2) is 11.2. The van der Waals surface area contributed by atoms with Gasteiger partial charge in [0, 0.05) is 52.0 Å². The largest absolute Gasteiger partial charge is 0.495 e. The summed E-state index contributed by atoms with van der Waals surface area (Å²) in [5.41, 5.74) is 6.52. The first kappa shape index (κ1) is 23.1. The van der Waals surface area contributed by atoms with E-state index in [-0.39, 0.29) is 5.91 Å². The van der Waals surface area contributed by atoms with Gasteiger partial charge in [-0.15, -0.1) is 0 Å². The summed E-state index contributed by atoms with van der Waals surface area (Å²) in [4.78, 5) is 22.2. The molecule has 4 rings (SSSR count). The zero-order valence-electron chi connectivity index (χ0n) is 19.5. The van der Waals surface area contributed by atoms with Gasteiger partial charge < -0.3 is 24.6 Å². The van der Waals surface area contributed by atoms with Crippen LogP contribution in [0.25, 0.3) is 0 Å². The maximum absolute atomic E-state index is 13.1. The maximum Gasteiger partial charge on any atom is 0.269 e.